The van der Waals surface area contributed by atoms with Crippen LogP contribution in [0.15, 0.2) is 65.0 Å². The van der Waals surface area contributed by atoms with Crippen molar-refractivity contribution in [2.45, 2.75) is 53.5 Å². The van der Waals surface area contributed by atoms with E-state index in [1.807, 2.05) is 42.8 Å². The van der Waals surface area contributed by atoms with E-state index in [-0.39, 0.29) is 11.9 Å². The minimum absolute atomic E-state index is 0.148. The summed E-state index contributed by atoms with van der Waals surface area (Å²) >= 11 is 0. The topological polar surface area (TPSA) is 59.4 Å². The lowest BCUT2D eigenvalue weighted by Gasteiger charge is -2.34. The van der Waals surface area contributed by atoms with Gasteiger partial charge < -0.3 is 9.30 Å². The number of hydrogen-bond acceptors (Lipinski definition) is 4. The lowest BCUT2D eigenvalue weighted by molar-refractivity contribution is -0.112. The zero-order valence-corrected chi connectivity index (χ0v) is 22.5. The highest BCUT2D eigenvalue weighted by molar-refractivity contribution is 6.06. The van der Waals surface area contributed by atoms with Crippen LogP contribution in [0.3, 0.4) is 0 Å². The molecule has 1 unspecified atom stereocenters. The first-order chi connectivity index (χ1) is 16.6. The second-order valence-corrected chi connectivity index (χ2v) is 9.71. The highest BCUT2D eigenvalue weighted by Gasteiger charge is 2.26. The Morgan fingerprint density at radius 3 is 2.71 bits per heavy atom. The molecular weight excluding hydrogens is 436 g/mol. The number of fused-ring (bicyclic) bond motifs is 1. The van der Waals surface area contributed by atoms with Crippen molar-refractivity contribution in [3.05, 3.63) is 70.5 Å². The van der Waals surface area contributed by atoms with E-state index in [1.54, 1.807) is 7.11 Å². The summed E-state index contributed by atoms with van der Waals surface area (Å²) in [6, 6.07) is 6.22. The molecule has 0 fully saturated rings. The van der Waals surface area contributed by atoms with E-state index in [9.17, 15) is 4.79 Å². The molecular formula is C29H40N4O2. The number of nitrogens with one attached hydrogen (secondary N) is 1. The van der Waals surface area contributed by atoms with Crippen LogP contribution in [0.2, 0.25) is 0 Å². The second kappa shape index (κ2) is 11.1. The summed E-state index contributed by atoms with van der Waals surface area (Å²) in [6.45, 7) is 15.9. The van der Waals surface area contributed by atoms with Crippen LogP contribution in [0, 0.1) is 12.8 Å². The van der Waals surface area contributed by atoms with Crippen molar-refractivity contribution in [1.29, 1.82) is 0 Å². The van der Waals surface area contributed by atoms with Crippen molar-refractivity contribution in [3.63, 3.8) is 0 Å². The third-order valence-corrected chi connectivity index (χ3v) is 7.29. The Morgan fingerprint density at radius 1 is 1.34 bits per heavy atom. The van der Waals surface area contributed by atoms with Gasteiger partial charge in [-0.1, -0.05) is 38.1 Å². The van der Waals surface area contributed by atoms with Crippen LogP contribution in [-0.2, 0) is 16.6 Å². The summed E-state index contributed by atoms with van der Waals surface area (Å²) < 4.78 is 7.63. The Labute approximate surface area is 210 Å². The van der Waals surface area contributed by atoms with Gasteiger partial charge in [0.05, 0.1) is 18.1 Å². The van der Waals surface area contributed by atoms with Gasteiger partial charge in [-0.25, -0.2) is 4.98 Å². The molecule has 0 saturated carbocycles. The lowest BCUT2D eigenvalue weighted by Crippen LogP contribution is -2.37. The number of aromatic nitrogens is 2. The molecule has 0 aliphatic carbocycles. The molecule has 1 aliphatic heterocycles. The highest BCUT2D eigenvalue weighted by atomic mass is 16.5. The molecule has 188 valence electrons. The van der Waals surface area contributed by atoms with Crippen LogP contribution in [0.1, 0.15) is 46.1 Å². The maximum absolute atomic E-state index is 13.6. The minimum atomic E-state index is -0.208. The molecule has 1 aromatic carbocycles. The third-order valence-electron chi connectivity index (χ3n) is 7.29. The molecule has 6 nitrogen and oxygen atoms in total. The summed E-state index contributed by atoms with van der Waals surface area (Å²) in [6.07, 6.45) is 5.69. The fourth-order valence-corrected chi connectivity index (χ4v) is 4.45. The van der Waals surface area contributed by atoms with Crippen molar-refractivity contribution in [3.8, 4) is 0 Å². The summed E-state index contributed by atoms with van der Waals surface area (Å²) in [5, 5.41) is 3.04. The molecule has 3 rings (SSSR count). The molecule has 35 heavy (non-hydrogen) atoms. The first-order valence-electron chi connectivity index (χ1n) is 12.4. The molecule has 0 radical (unpaired) electrons. The molecule has 0 bridgehead atoms. The fourth-order valence-electron chi connectivity index (χ4n) is 4.45. The van der Waals surface area contributed by atoms with E-state index in [0.717, 1.165) is 58.5 Å². The average Bonchev–Trinajstić information content (AvgIpc) is 3.13. The van der Waals surface area contributed by atoms with E-state index < -0.39 is 0 Å². The van der Waals surface area contributed by atoms with Gasteiger partial charge in [0.2, 0.25) is 5.95 Å². The largest absolute Gasteiger partial charge is 0.501 e. The summed E-state index contributed by atoms with van der Waals surface area (Å²) in [4.78, 5) is 20.5. The quantitative estimate of drug-likeness (QED) is 0.380. The average molecular weight is 477 g/mol. The molecule has 0 saturated heterocycles. The van der Waals surface area contributed by atoms with E-state index in [4.69, 9.17) is 4.74 Å². The molecule has 1 aromatic heterocycles. The summed E-state index contributed by atoms with van der Waals surface area (Å²) in [7, 11) is 5.72. The number of nitrogens with zero attached hydrogens (tertiary/aromatic N) is 3. The number of allylic oxidation sites excluding steroid dienone is 2. The van der Waals surface area contributed by atoms with Gasteiger partial charge in [0, 0.05) is 37.2 Å². The van der Waals surface area contributed by atoms with Crippen LogP contribution in [-0.4, -0.2) is 47.1 Å². The zero-order chi connectivity index (χ0) is 25.9. The zero-order valence-electron chi connectivity index (χ0n) is 22.5. The van der Waals surface area contributed by atoms with Crippen molar-refractivity contribution >= 4 is 22.9 Å². The number of imidazole rings is 1. The first-order valence-corrected chi connectivity index (χ1v) is 12.4. The Morgan fingerprint density at radius 2 is 2.06 bits per heavy atom. The number of carbonyl (C=O) groups excluding carboxylic acids is 1. The molecule has 2 atom stereocenters. The predicted octanol–water partition coefficient (Wildman–Crippen LogP) is 5.92. The Balaban J connectivity index is 2.02. The number of hydrogen-bond donors (Lipinski definition) is 1. The highest BCUT2D eigenvalue weighted by Crippen LogP contribution is 2.30. The van der Waals surface area contributed by atoms with Crippen molar-refractivity contribution in [2.75, 3.05) is 26.0 Å². The SMILES string of the molecule is C=C(/C=C(\C=C(\C)[C@H](C)CC)C(=O)Nc1nc2ccc(C)cc2n1C)C1=C(OC)CCN(C)C1C. The number of rotatable bonds is 8. The maximum Gasteiger partial charge on any atom is 0.257 e. The van der Waals surface area contributed by atoms with E-state index in [0.29, 0.717) is 17.4 Å². The van der Waals surface area contributed by atoms with Crippen LogP contribution >= 0.6 is 0 Å². The standard InChI is InChI=1S/C29H40N4O2/c1-10-19(3)20(4)16-23(17-21(5)27-22(6)32(7)14-13-26(27)35-9)28(34)31-29-30-24-12-11-18(2)15-25(24)33(29)8/h11-12,15-17,19,22H,5,10,13-14H2,1-4,6-9H3,(H,30,31,34)/b20-16-,23-17+/t19-,22?/m1/s1. The van der Waals surface area contributed by atoms with Crippen LogP contribution in [0.25, 0.3) is 11.0 Å². The Bertz CT molecular complexity index is 1210. The molecule has 0 spiro atoms. The van der Waals surface area contributed by atoms with Crippen molar-refractivity contribution < 1.29 is 9.53 Å². The third kappa shape index (κ3) is 5.76. The number of methoxy groups -OCH3 is 1. The maximum atomic E-state index is 13.6. The van der Waals surface area contributed by atoms with Gasteiger partial charge in [-0.15, -0.1) is 0 Å². The minimum Gasteiger partial charge on any atom is -0.501 e. The number of ether oxygens (including phenoxy) is 1. The van der Waals surface area contributed by atoms with E-state index in [2.05, 4.69) is 62.6 Å². The predicted molar refractivity (Wildman–Crippen MR) is 145 cm³/mol. The Kier molecular flexibility index (Phi) is 8.39. The van der Waals surface area contributed by atoms with Crippen LogP contribution < -0.4 is 5.32 Å². The van der Waals surface area contributed by atoms with Gasteiger partial charge in [0.25, 0.3) is 5.91 Å². The molecule has 1 N–H and O–H groups in total. The fraction of sp³-hybridized carbons (Fsp3) is 0.448. The molecule has 2 heterocycles. The number of anilines is 1. The molecule has 1 amide bonds. The molecule has 1 aliphatic rings. The monoisotopic (exact) mass is 476 g/mol. The van der Waals surface area contributed by atoms with E-state index in [1.165, 1.54) is 0 Å². The number of aryl methyl sites for hydroxylation is 2. The molecule has 6 heteroatoms. The number of likely N-dealkylation sites (N-methyl/N-ethyl adjacent to an activating group) is 1. The van der Waals surface area contributed by atoms with Crippen molar-refractivity contribution in [1.82, 2.24) is 14.5 Å². The number of amides is 1. The van der Waals surface area contributed by atoms with Crippen LogP contribution in [0.5, 0.6) is 0 Å². The first kappa shape index (κ1) is 26.5. The number of carbonyl (C=O) groups is 1. The summed E-state index contributed by atoms with van der Waals surface area (Å²) in [5.74, 6) is 1.61. The van der Waals surface area contributed by atoms with Gasteiger partial charge in [0.15, 0.2) is 0 Å². The van der Waals surface area contributed by atoms with Gasteiger partial charge in [-0.05, 0) is 69.5 Å². The Hall–Kier alpha value is -3.12. The number of benzene rings is 1. The van der Waals surface area contributed by atoms with Crippen LogP contribution in [0.4, 0.5) is 5.95 Å². The second-order valence-electron chi connectivity index (χ2n) is 9.71. The van der Waals surface area contributed by atoms with Gasteiger partial charge in [-0.3, -0.25) is 15.0 Å². The normalized spacial score (nSPS) is 18.7. The lowest BCUT2D eigenvalue weighted by atomic mass is 9.91. The van der Waals surface area contributed by atoms with Gasteiger partial charge in [-0.2, -0.15) is 0 Å². The van der Waals surface area contributed by atoms with Gasteiger partial charge in [0.1, 0.15) is 5.76 Å². The summed E-state index contributed by atoms with van der Waals surface area (Å²) in [5.41, 5.74) is 6.52. The van der Waals surface area contributed by atoms with Crippen molar-refractivity contribution in [2.24, 2.45) is 13.0 Å². The van der Waals surface area contributed by atoms with Gasteiger partial charge >= 0.3 is 0 Å². The van der Waals surface area contributed by atoms with E-state index >= 15 is 0 Å². The smallest absolute Gasteiger partial charge is 0.257 e. The molecule has 2 aromatic rings.